The van der Waals surface area contributed by atoms with Crippen molar-refractivity contribution >= 4 is 11.6 Å². The molecule has 2 heterocycles. The van der Waals surface area contributed by atoms with Gasteiger partial charge in [-0.05, 0) is 36.2 Å². The minimum atomic E-state index is -0.419. The summed E-state index contributed by atoms with van der Waals surface area (Å²) in [5, 5.41) is 7.25. The molecule has 5 rings (SSSR count). The van der Waals surface area contributed by atoms with Crippen molar-refractivity contribution < 1.29 is 14.3 Å². The van der Waals surface area contributed by atoms with Crippen LogP contribution in [0.4, 0.5) is 5.69 Å². The van der Waals surface area contributed by atoms with E-state index in [1.165, 1.54) is 4.68 Å². The van der Waals surface area contributed by atoms with E-state index in [-0.39, 0.29) is 31.4 Å². The fourth-order valence-corrected chi connectivity index (χ4v) is 3.72. The van der Waals surface area contributed by atoms with Crippen LogP contribution in [0.3, 0.4) is 0 Å². The molecule has 0 spiro atoms. The highest BCUT2D eigenvalue weighted by molar-refractivity contribution is 5.91. The van der Waals surface area contributed by atoms with Crippen molar-refractivity contribution in [2.45, 2.75) is 19.9 Å². The van der Waals surface area contributed by atoms with Crippen molar-refractivity contribution in [1.82, 2.24) is 14.8 Å². The average Bonchev–Trinajstić information content (AvgIpc) is 3.31. The van der Waals surface area contributed by atoms with Gasteiger partial charge in [0.15, 0.2) is 17.3 Å². The van der Waals surface area contributed by atoms with E-state index in [4.69, 9.17) is 9.47 Å². The van der Waals surface area contributed by atoms with Gasteiger partial charge in [-0.3, -0.25) is 9.59 Å². The number of hydrogen-bond donors (Lipinski definition) is 1. The summed E-state index contributed by atoms with van der Waals surface area (Å²) < 4.78 is 12.0. The Bertz CT molecular complexity index is 1420. The SMILES string of the molecule is Cc1ccccc1NC(=O)Cn1nc(-c2ccccc2)nc(Cc2ccc3c(c2)OCO3)c1=O. The van der Waals surface area contributed by atoms with Crippen LogP contribution in [0.25, 0.3) is 11.4 Å². The van der Waals surface area contributed by atoms with Crippen molar-refractivity contribution in [3.63, 3.8) is 0 Å². The van der Waals surface area contributed by atoms with Crippen molar-refractivity contribution in [2.24, 2.45) is 0 Å². The van der Waals surface area contributed by atoms with Crippen molar-refractivity contribution in [3.05, 3.63) is 100.0 Å². The van der Waals surface area contributed by atoms with Crippen LogP contribution in [0.15, 0.2) is 77.6 Å². The lowest BCUT2D eigenvalue weighted by molar-refractivity contribution is -0.117. The molecule has 1 amide bonds. The summed E-state index contributed by atoms with van der Waals surface area (Å²) in [6.07, 6.45) is 0.261. The highest BCUT2D eigenvalue weighted by atomic mass is 16.7. The van der Waals surface area contributed by atoms with Crippen LogP contribution in [-0.2, 0) is 17.8 Å². The fourth-order valence-electron chi connectivity index (χ4n) is 3.72. The first-order chi connectivity index (χ1) is 16.6. The standard InChI is InChI=1S/C26H22N4O4/c1-17-7-5-6-10-20(17)27-24(31)15-30-26(32)21(28-25(29-30)19-8-3-2-4-9-19)13-18-11-12-22-23(14-18)34-16-33-22/h2-12,14H,13,15-16H2,1H3,(H,27,31). The Morgan fingerprint density at radius 1 is 1.00 bits per heavy atom. The largest absolute Gasteiger partial charge is 0.454 e. The third-order valence-electron chi connectivity index (χ3n) is 5.49. The van der Waals surface area contributed by atoms with Crippen molar-refractivity contribution in [1.29, 1.82) is 0 Å². The zero-order chi connectivity index (χ0) is 23.5. The van der Waals surface area contributed by atoms with Crippen molar-refractivity contribution in [3.8, 4) is 22.9 Å². The number of benzene rings is 3. The van der Waals surface area contributed by atoms with Gasteiger partial charge in [0.1, 0.15) is 12.2 Å². The maximum absolute atomic E-state index is 13.2. The number of anilines is 1. The number of hydrogen-bond acceptors (Lipinski definition) is 6. The van der Waals surface area contributed by atoms with Crippen LogP contribution in [0.1, 0.15) is 16.8 Å². The molecule has 1 aliphatic rings. The smallest absolute Gasteiger partial charge is 0.289 e. The Morgan fingerprint density at radius 3 is 2.59 bits per heavy atom. The molecule has 170 valence electrons. The van der Waals surface area contributed by atoms with Crippen LogP contribution >= 0.6 is 0 Å². The van der Waals surface area contributed by atoms with E-state index in [2.05, 4.69) is 15.4 Å². The molecule has 0 atom stereocenters. The van der Waals surface area contributed by atoms with E-state index in [0.29, 0.717) is 23.0 Å². The molecular weight excluding hydrogens is 432 g/mol. The van der Waals surface area contributed by atoms with Crippen LogP contribution in [0, 0.1) is 6.92 Å². The van der Waals surface area contributed by atoms with E-state index >= 15 is 0 Å². The lowest BCUT2D eigenvalue weighted by atomic mass is 10.1. The molecule has 0 unspecified atom stereocenters. The molecule has 8 nitrogen and oxygen atoms in total. The van der Waals surface area contributed by atoms with Crippen LogP contribution in [-0.4, -0.2) is 27.5 Å². The van der Waals surface area contributed by atoms with Gasteiger partial charge in [-0.15, -0.1) is 5.10 Å². The predicted octanol–water partition coefficient (Wildman–Crippen LogP) is 3.57. The molecule has 1 N–H and O–H groups in total. The van der Waals surface area contributed by atoms with E-state index in [9.17, 15) is 9.59 Å². The third-order valence-corrected chi connectivity index (χ3v) is 5.49. The normalized spacial score (nSPS) is 11.9. The number of carbonyl (C=O) groups excluding carboxylic acids is 1. The summed E-state index contributed by atoms with van der Waals surface area (Å²) in [5.41, 5.74) is 3.09. The summed E-state index contributed by atoms with van der Waals surface area (Å²) in [6.45, 7) is 1.85. The summed E-state index contributed by atoms with van der Waals surface area (Å²) in [7, 11) is 0. The second-order valence-corrected chi connectivity index (χ2v) is 7.94. The summed E-state index contributed by atoms with van der Waals surface area (Å²) in [4.78, 5) is 30.6. The molecule has 4 aromatic rings. The van der Waals surface area contributed by atoms with Crippen LogP contribution in [0.5, 0.6) is 11.5 Å². The van der Waals surface area contributed by atoms with Crippen LogP contribution < -0.4 is 20.3 Å². The van der Waals surface area contributed by atoms with Gasteiger partial charge >= 0.3 is 0 Å². The summed E-state index contributed by atoms with van der Waals surface area (Å²) >= 11 is 0. The molecule has 0 aliphatic carbocycles. The molecule has 0 saturated carbocycles. The number of ether oxygens (including phenoxy) is 2. The lowest BCUT2D eigenvalue weighted by Gasteiger charge is -2.12. The summed E-state index contributed by atoms with van der Waals surface area (Å²) in [5.74, 6) is 1.33. The number of rotatable bonds is 6. The molecule has 8 heteroatoms. The maximum Gasteiger partial charge on any atom is 0.289 e. The number of para-hydroxylation sites is 1. The van der Waals surface area contributed by atoms with E-state index in [1.807, 2.05) is 79.7 Å². The molecule has 0 radical (unpaired) electrons. The van der Waals surface area contributed by atoms with Gasteiger partial charge in [-0.1, -0.05) is 54.6 Å². The van der Waals surface area contributed by atoms with Gasteiger partial charge in [0.25, 0.3) is 5.56 Å². The monoisotopic (exact) mass is 454 g/mol. The predicted molar refractivity (Wildman–Crippen MR) is 127 cm³/mol. The molecule has 0 saturated heterocycles. The first-order valence-corrected chi connectivity index (χ1v) is 10.8. The van der Waals surface area contributed by atoms with Gasteiger partial charge in [0.05, 0.1) is 0 Å². The molecule has 0 bridgehead atoms. The Labute approximate surface area is 195 Å². The average molecular weight is 454 g/mol. The molecule has 1 aliphatic heterocycles. The highest BCUT2D eigenvalue weighted by Crippen LogP contribution is 2.32. The number of carbonyl (C=O) groups is 1. The molecular formula is C26H22N4O4. The number of nitrogens with one attached hydrogen (secondary N) is 1. The second kappa shape index (κ2) is 9.19. The lowest BCUT2D eigenvalue weighted by Crippen LogP contribution is -2.33. The van der Waals surface area contributed by atoms with Gasteiger partial charge in [-0.2, -0.15) is 0 Å². The third kappa shape index (κ3) is 4.52. The Morgan fingerprint density at radius 2 is 1.76 bits per heavy atom. The number of nitrogens with zero attached hydrogens (tertiary/aromatic N) is 3. The Hall–Kier alpha value is -4.46. The molecule has 34 heavy (non-hydrogen) atoms. The van der Waals surface area contributed by atoms with Gasteiger partial charge in [-0.25, -0.2) is 9.67 Å². The zero-order valence-corrected chi connectivity index (χ0v) is 18.5. The Balaban J connectivity index is 1.48. The number of aryl methyl sites for hydroxylation is 1. The topological polar surface area (TPSA) is 95.3 Å². The number of aromatic nitrogens is 3. The minimum Gasteiger partial charge on any atom is -0.454 e. The molecule has 0 fully saturated rings. The van der Waals surface area contributed by atoms with Gasteiger partial charge in [0.2, 0.25) is 12.7 Å². The van der Waals surface area contributed by atoms with E-state index < -0.39 is 5.56 Å². The minimum absolute atomic E-state index is 0.174. The fraction of sp³-hybridized carbons (Fsp3) is 0.154. The first kappa shape index (κ1) is 21.4. The van der Waals surface area contributed by atoms with E-state index in [1.54, 1.807) is 0 Å². The number of amides is 1. The van der Waals surface area contributed by atoms with E-state index in [0.717, 1.165) is 16.7 Å². The van der Waals surface area contributed by atoms with Crippen LogP contribution in [0.2, 0.25) is 0 Å². The van der Waals surface area contributed by atoms with Gasteiger partial charge < -0.3 is 14.8 Å². The van der Waals surface area contributed by atoms with Gasteiger partial charge in [0, 0.05) is 17.7 Å². The molecule has 1 aromatic heterocycles. The second-order valence-electron chi connectivity index (χ2n) is 7.94. The number of fused-ring (bicyclic) bond motifs is 1. The Kier molecular flexibility index (Phi) is 5.78. The molecule has 3 aromatic carbocycles. The quantitative estimate of drug-likeness (QED) is 0.479. The highest BCUT2D eigenvalue weighted by Gasteiger charge is 2.18. The summed E-state index contributed by atoms with van der Waals surface area (Å²) in [6, 6.07) is 22.3. The first-order valence-electron chi connectivity index (χ1n) is 10.8. The van der Waals surface area contributed by atoms with Crippen molar-refractivity contribution in [2.75, 3.05) is 12.1 Å². The maximum atomic E-state index is 13.2. The zero-order valence-electron chi connectivity index (χ0n) is 18.5.